The van der Waals surface area contributed by atoms with Crippen LogP contribution >= 0.6 is 15.9 Å². The summed E-state index contributed by atoms with van der Waals surface area (Å²) < 4.78 is 0.608. The number of benzene rings is 1. The van der Waals surface area contributed by atoms with E-state index in [0.717, 1.165) is 41.6 Å². The van der Waals surface area contributed by atoms with Gasteiger partial charge in [-0.25, -0.2) is 15.0 Å². The molecule has 2 aromatic heterocycles. The number of rotatable bonds is 11. The van der Waals surface area contributed by atoms with Gasteiger partial charge >= 0.3 is 0 Å². The van der Waals surface area contributed by atoms with Crippen LogP contribution in [0.1, 0.15) is 54.6 Å². The molecule has 1 aromatic carbocycles. The Labute approximate surface area is 271 Å². The van der Waals surface area contributed by atoms with Crippen molar-refractivity contribution < 1.29 is 14.4 Å². The van der Waals surface area contributed by atoms with Gasteiger partial charge in [-0.1, -0.05) is 6.07 Å². The molecule has 1 saturated carbocycles. The molecule has 3 N–H and O–H groups in total. The van der Waals surface area contributed by atoms with E-state index in [-0.39, 0.29) is 41.7 Å². The van der Waals surface area contributed by atoms with E-state index < -0.39 is 6.04 Å². The molecule has 5 rings (SSSR count). The number of likely N-dealkylation sites (tertiary alicyclic amines) is 1. The normalized spacial score (nSPS) is 17.8. The molecule has 12 heteroatoms. The first-order chi connectivity index (χ1) is 21.4. The monoisotopic (exact) mass is 674 g/mol. The Hall–Kier alpha value is -4.03. The highest BCUT2D eigenvalue weighted by atomic mass is 79.9. The van der Waals surface area contributed by atoms with Gasteiger partial charge in [0.05, 0.1) is 6.54 Å². The van der Waals surface area contributed by atoms with Crippen LogP contribution in [0.2, 0.25) is 0 Å². The van der Waals surface area contributed by atoms with E-state index in [1.807, 2.05) is 46.1 Å². The first-order valence-electron chi connectivity index (χ1n) is 15.1. The predicted molar refractivity (Wildman–Crippen MR) is 178 cm³/mol. The number of halogens is 1. The Balaban J connectivity index is 1.42. The van der Waals surface area contributed by atoms with Gasteiger partial charge in [0.15, 0.2) is 5.78 Å². The number of Topliss-reactive ketones (excluding diaryl/α,β-unsaturated/α-hetero) is 1. The van der Waals surface area contributed by atoms with E-state index in [9.17, 15) is 14.4 Å². The Morgan fingerprint density at radius 1 is 1.09 bits per heavy atom. The van der Waals surface area contributed by atoms with Crippen molar-refractivity contribution in [1.29, 1.82) is 5.41 Å². The van der Waals surface area contributed by atoms with E-state index in [0.29, 0.717) is 40.5 Å². The molecule has 236 valence electrons. The molecule has 3 aromatic rings. The Bertz CT molecular complexity index is 1640. The number of carbonyl (C=O) groups excluding carboxylic acids is 3. The van der Waals surface area contributed by atoms with Crippen LogP contribution in [0, 0.1) is 25.2 Å². The molecule has 11 nitrogen and oxygen atoms in total. The summed E-state index contributed by atoms with van der Waals surface area (Å²) in [5.41, 5.74) is 4.30. The average molecular weight is 676 g/mol. The summed E-state index contributed by atoms with van der Waals surface area (Å²) in [6, 6.07) is 6.86. The molecule has 45 heavy (non-hydrogen) atoms. The number of amides is 2. The number of nitrogens with zero attached hydrogens (tertiary/aromatic N) is 5. The van der Waals surface area contributed by atoms with Crippen LogP contribution < -0.4 is 10.6 Å². The van der Waals surface area contributed by atoms with Crippen molar-refractivity contribution >= 4 is 50.7 Å². The zero-order valence-electron chi connectivity index (χ0n) is 26.3. The number of hydrogen-bond acceptors (Lipinski definition) is 9. The van der Waals surface area contributed by atoms with Gasteiger partial charge in [-0.05, 0) is 110 Å². The third-order valence-corrected chi connectivity index (χ3v) is 8.72. The minimum atomic E-state index is -0.661. The lowest BCUT2D eigenvalue weighted by Crippen LogP contribution is -2.45. The Morgan fingerprint density at radius 2 is 1.80 bits per heavy atom. The van der Waals surface area contributed by atoms with Crippen molar-refractivity contribution in [2.75, 3.05) is 44.4 Å². The second-order valence-corrected chi connectivity index (χ2v) is 13.1. The summed E-state index contributed by atoms with van der Waals surface area (Å²) in [5.74, 6) is 0.603. The van der Waals surface area contributed by atoms with E-state index in [1.54, 1.807) is 23.4 Å². The number of aromatic nitrogens is 3. The third kappa shape index (κ3) is 7.62. The number of hydrogen-bond donors (Lipinski definition) is 3. The molecule has 2 fully saturated rings. The fraction of sp³-hybridized carbons (Fsp3) is 0.424. The number of pyridine rings is 1. The lowest BCUT2D eigenvalue weighted by molar-refractivity contribution is -0.135. The minimum absolute atomic E-state index is 0.0858. The van der Waals surface area contributed by atoms with Crippen molar-refractivity contribution in [2.24, 2.45) is 5.92 Å². The molecule has 2 amide bonds. The zero-order valence-corrected chi connectivity index (χ0v) is 27.9. The minimum Gasteiger partial charge on any atom is -0.375 e. The summed E-state index contributed by atoms with van der Waals surface area (Å²) in [6.07, 6.45) is 5.96. The van der Waals surface area contributed by atoms with E-state index in [1.165, 1.54) is 6.92 Å². The third-order valence-electron chi connectivity index (χ3n) is 8.28. The topological polar surface area (TPSA) is 144 Å². The van der Waals surface area contributed by atoms with Gasteiger partial charge in [-0.3, -0.25) is 19.8 Å². The molecule has 0 bridgehead atoms. The fourth-order valence-corrected chi connectivity index (χ4v) is 6.18. The van der Waals surface area contributed by atoms with Crippen LogP contribution in [-0.2, 0) is 14.4 Å². The van der Waals surface area contributed by atoms with Crippen molar-refractivity contribution in [1.82, 2.24) is 24.8 Å². The molecule has 3 heterocycles. The fourth-order valence-electron chi connectivity index (χ4n) is 5.87. The first-order valence-corrected chi connectivity index (χ1v) is 15.9. The van der Waals surface area contributed by atoms with Crippen LogP contribution in [-0.4, -0.2) is 87.8 Å². The van der Waals surface area contributed by atoms with E-state index >= 15 is 0 Å². The highest BCUT2D eigenvalue weighted by molar-refractivity contribution is 9.10. The van der Waals surface area contributed by atoms with Gasteiger partial charge in [-0.15, -0.1) is 0 Å². The standard InChI is InChI=1S/C33H39BrN8O3/c1-18-6-9-28(34)39-32(18)40-33(45)27-10-21(16-41(4)5)17-42(27)29(44)15-38-31-25(22-7-8-22)11-23(12-26(31)30(35)19(2)43)24-13-36-20(3)37-14-24/h6,9,11-14,21-22,27,35,38H,7-8,10,15-17H2,1-5H3,(H,39,40,45). The van der Waals surface area contributed by atoms with Gasteiger partial charge < -0.3 is 20.4 Å². The van der Waals surface area contributed by atoms with Gasteiger partial charge in [-0.2, -0.15) is 0 Å². The van der Waals surface area contributed by atoms with Crippen molar-refractivity contribution in [3.8, 4) is 11.1 Å². The average Bonchev–Trinajstić information content (AvgIpc) is 3.76. The lowest BCUT2D eigenvalue weighted by atomic mass is 9.93. The van der Waals surface area contributed by atoms with Gasteiger partial charge in [0.25, 0.3) is 0 Å². The van der Waals surface area contributed by atoms with Crippen LogP contribution in [0.5, 0.6) is 0 Å². The molecule has 1 aliphatic heterocycles. The maximum Gasteiger partial charge on any atom is 0.248 e. The Morgan fingerprint density at radius 3 is 2.44 bits per heavy atom. The highest BCUT2D eigenvalue weighted by Gasteiger charge is 2.40. The lowest BCUT2D eigenvalue weighted by Gasteiger charge is -2.25. The second kappa shape index (κ2) is 13.5. The molecule has 2 unspecified atom stereocenters. The summed E-state index contributed by atoms with van der Waals surface area (Å²) in [4.78, 5) is 56.7. The largest absolute Gasteiger partial charge is 0.375 e. The zero-order chi connectivity index (χ0) is 32.4. The Kier molecular flexibility index (Phi) is 9.73. The van der Waals surface area contributed by atoms with E-state index in [4.69, 9.17) is 5.41 Å². The number of ketones is 1. The number of carbonyl (C=O) groups is 3. The second-order valence-electron chi connectivity index (χ2n) is 12.3. The molecular weight excluding hydrogens is 636 g/mol. The van der Waals surface area contributed by atoms with Crippen molar-refractivity contribution in [2.45, 2.75) is 52.0 Å². The van der Waals surface area contributed by atoms with Crippen LogP contribution in [0.3, 0.4) is 0 Å². The first kappa shape index (κ1) is 32.4. The maximum absolute atomic E-state index is 13.9. The number of anilines is 2. The maximum atomic E-state index is 13.9. The van der Waals surface area contributed by atoms with Gasteiger partial charge in [0.2, 0.25) is 11.8 Å². The van der Waals surface area contributed by atoms with Crippen LogP contribution in [0.4, 0.5) is 11.5 Å². The molecule has 1 saturated heterocycles. The molecule has 0 radical (unpaired) electrons. The summed E-state index contributed by atoms with van der Waals surface area (Å²) >= 11 is 3.37. The van der Waals surface area contributed by atoms with Crippen LogP contribution in [0.25, 0.3) is 11.1 Å². The molecular formula is C33H39BrN8O3. The van der Waals surface area contributed by atoms with Crippen molar-refractivity contribution in [3.63, 3.8) is 0 Å². The SMILES string of the molecule is CC(=O)C(=N)c1cc(-c2cnc(C)nc2)cc(C2CC2)c1NCC(=O)N1CC(CN(C)C)CC1C(=O)Nc1nc(Br)ccc1C. The van der Waals surface area contributed by atoms with Gasteiger partial charge in [0, 0.05) is 49.2 Å². The number of aryl methyl sites for hydroxylation is 2. The highest BCUT2D eigenvalue weighted by Crippen LogP contribution is 2.46. The molecule has 2 atom stereocenters. The summed E-state index contributed by atoms with van der Waals surface area (Å²) in [7, 11) is 3.96. The predicted octanol–water partition coefficient (Wildman–Crippen LogP) is 4.58. The van der Waals surface area contributed by atoms with Gasteiger partial charge in [0.1, 0.15) is 28.0 Å². The molecule has 2 aliphatic rings. The molecule has 0 spiro atoms. The smallest absolute Gasteiger partial charge is 0.248 e. The summed E-state index contributed by atoms with van der Waals surface area (Å²) in [6.45, 7) is 6.16. The van der Waals surface area contributed by atoms with Crippen molar-refractivity contribution in [3.05, 3.63) is 63.8 Å². The number of nitrogens with one attached hydrogen (secondary N) is 3. The molecule has 1 aliphatic carbocycles. The summed E-state index contributed by atoms with van der Waals surface area (Å²) in [5, 5.41) is 14.9. The quantitative estimate of drug-likeness (QED) is 0.198. The van der Waals surface area contributed by atoms with E-state index in [2.05, 4.69) is 46.4 Å². The van der Waals surface area contributed by atoms with Crippen LogP contribution in [0.15, 0.2) is 41.3 Å².